The van der Waals surface area contributed by atoms with Gasteiger partial charge in [0.1, 0.15) is 18.2 Å². The smallest absolute Gasteiger partial charge is 0.163 e. The summed E-state index contributed by atoms with van der Waals surface area (Å²) in [6.07, 6.45) is 0. The Morgan fingerprint density at radius 3 is 2.57 bits per heavy atom. The molecule has 1 atom stereocenters. The maximum absolute atomic E-state index is 13.8. The molecule has 0 radical (unpaired) electrons. The van der Waals surface area contributed by atoms with Gasteiger partial charge in [0, 0.05) is 5.56 Å². The Bertz CT molecular complexity index is 631. The van der Waals surface area contributed by atoms with Crippen molar-refractivity contribution in [2.45, 2.75) is 13.0 Å². The summed E-state index contributed by atoms with van der Waals surface area (Å²) in [5, 5.41) is 2.88. The lowest BCUT2D eigenvalue weighted by atomic mass is 10.1. The van der Waals surface area contributed by atoms with Crippen molar-refractivity contribution in [2.75, 3.05) is 13.7 Å². The van der Waals surface area contributed by atoms with E-state index in [-0.39, 0.29) is 18.0 Å². The molecule has 1 N–H and O–H groups in total. The average Bonchev–Trinajstić information content (AvgIpc) is 2.45. The molecule has 0 aliphatic carbocycles. The third-order valence-corrected chi connectivity index (χ3v) is 3.25. The predicted molar refractivity (Wildman–Crippen MR) is 74.8 cm³/mol. The van der Waals surface area contributed by atoms with Crippen LogP contribution >= 0.6 is 0 Å². The van der Waals surface area contributed by atoms with Crippen molar-refractivity contribution in [3.8, 4) is 5.75 Å². The van der Waals surface area contributed by atoms with Gasteiger partial charge in [-0.3, -0.25) is 0 Å². The van der Waals surface area contributed by atoms with Crippen molar-refractivity contribution in [2.24, 2.45) is 0 Å². The van der Waals surface area contributed by atoms with Crippen LogP contribution in [0, 0.1) is 24.4 Å². The molecule has 112 valence electrons. The van der Waals surface area contributed by atoms with Gasteiger partial charge in [0.25, 0.3) is 0 Å². The van der Waals surface area contributed by atoms with Crippen LogP contribution in [-0.4, -0.2) is 13.7 Å². The maximum atomic E-state index is 13.8. The molecule has 2 nitrogen and oxygen atoms in total. The lowest BCUT2D eigenvalue weighted by Gasteiger charge is -2.19. The first-order valence-electron chi connectivity index (χ1n) is 6.53. The zero-order valence-corrected chi connectivity index (χ0v) is 11.8. The number of hydrogen-bond acceptors (Lipinski definition) is 2. The van der Waals surface area contributed by atoms with Crippen LogP contribution in [0.2, 0.25) is 0 Å². The fraction of sp³-hybridized carbons (Fsp3) is 0.250. The van der Waals surface area contributed by atoms with E-state index >= 15 is 0 Å². The van der Waals surface area contributed by atoms with Crippen LogP contribution in [0.3, 0.4) is 0 Å². The van der Waals surface area contributed by atoms with Gasteiger partial charge in [0.2, 0.25) is 0 Å². The highest BCUT2D eigenvalue weighted by Crippen LogP contribution is 2.23. The summed E-state index contributed by atoms with van der Waals surface area (Å²) in [7, 11) is 1.63. The molecule has 1 unspecified atom stereocenters. The molecule has 2 rings (SSSR count). The van der Waals surface area contributed by atoms with Gasteiger partial charge < -0.3 is 10.1 Å². The van der Waals surface area contributed by atoms with E-state index in [9.17, 15) is 13.2 Å². The quantitative estimate of drug-likeness (QED) is 0.907. The molecule has 0 aromatic heterocycles. The molecule has 0 fully saturated rings. The van der Waals surface area contributed by atoms with Crippen LogP contribution in [0.1, 0.15) is 17.2 Å². The molecule has 21 heavy (non-hydrogen) atoms. The van der Waals surface area contributed by atoms with Crippen LogP contribution in [0.5, 0.6) is 5.75 Å². The Balaban J connectivity index is 2.14. The predicted octanol–water partition coefficient (Wildman–Crippen LogP) is 3.75. The van der Waals surface area contributed by atoms with Crippen molar-refractivity contribution in [1.82, 2.24) is 5.32 Å². The Morgan fingerprint density at radius 2 is 1.90 bits per heavy atom. The second kappa shape index (κ2) is 6.63. The highest BCUT2D eigenvalue weighted by Gasteiger charge is 2.17. The van der Waals surface area contributed by atoms with Crippen LogP contribution < -0.4 is 10.1 Å². The van der Waals surface area contributed by atoms with Gasteiger partial charge in [-0.2, -0.15) is 0 Å². The molecule has 0 aliphatic rings. The molecule has 5 heteroatoms. The fourth-order valence-electron chi connectivity index (χ4n) is 2.07. The molecule has 0 amide bonds. The first-order valence-corrected chi connectivity index (χ1v) is 6.53. The highest BCUT2D eigenvalue weighted by molar-refractivity contribution is 5.33. The number of halogens is 3. The van der Waals surface area contributed by atoms with Crippen molar-refractivity contribution in [3.05, 3.63) is 65.0 Å². The summed E-state index contributed by atoms with van der Waals surface area (Å²) < 4.78 is 45.6. The van der Waals surface area contributed by atoms with E-state index in [1.165, 1.54) is 30.3 Å². The largest absolute Gasteiger partial charge is 0.491 e. The van der Waals surface area contributed by atoms with E-state index in [0.29, 0.717) is 11.3 Å². The summed E-state index contributed by atoms with van der Waals surface area (Å²) in [4.78, 5) is 0. The van der Waals surface area contributed by atoms with Gasteiger partial charge in [0.15, 0.2) is 11.6 Å². The summed E-state index contributed by atoms with van der Waals surface area (Å²) >= 11 is 0. The summed E-state index contributed by atoms with van der Waals surface area (Å²) in [5.74, 6) is -1.63. The molecular weight excluding hydrogens is 279 g/mol. The van der Waals surface area contributed by atoms with Gasteiger partial charge in [-0.1, -0.05) is 12.1 Å². The van der Waals surface area contributed by atoms with Crippen molar-refractivity contribution in [3.63, 3.8) is 0 Å². The topological polar surface area (TPSA) is 21.3 Å². The van der Waals surface area contributed by atoms with E-state index in [0.717, 1.165) is 6.07 Å². The minimum absolute atomic E-state index is 0.101. The molecule has 0 bridgehead atoms. The molecule has 2 aromatic rings. The third-order valence-electron chi connectivity index (χ3n) is 3.25. The second-order valence-corrected chi connectivity index (χ2v) is 4.71. The summed E-state index contributed by atoms with van der Waals surface area (Å²) in [6, 6.07) is 7.66. The normalized spacial score (nSPS) is 12.2. The van der Waals surface area contributed by atoms with Crippen LogP contribution in [0.4, 0.5) is 13.2 Å². The maximum Gasteiger partial charge on any atom is 0.163 e. The number of likely N-dealkylation sites (N-methyl/N-ethyl adjacent to an activating group) is 1. The second-order valence-electron chi connectivity index (χ2n) is 4.71. The molecule has 0 heterocycles. The first kappa shape index (κ1) is 15.4. The van der Waals surface area contributed by atoms with Gasteiger partial charge >= 0.3 is 0 Å². The highest BCUT2D eigenvalue weighted by atomic mass is 19.2. The number of ether oxygens (including phenoxy) is 1. The summed E-state index contributed by atoms with van der Waals surface area (Å²) in [6.45, 7) is 1.82. The number of hydrogen-bond donors (Lipinski definition) is 1. The van der Waals surface area contributed by atoms with Gasteiger partial charge in [-0.25, -0.2) is 13.2 Å². The van der Waals surface area contributed by atoms with E-state index in [4.69, 9.17) is 4.74 Å². The molecule has 0 saturated heterocycles. The van der Waals surface area contributed by atoms with Gasteiger partial charge in [-0.15, -0.1) is 0 Å². The SMILES string of the molecule is CNC(COc1ccc(F)cc1C)c1cccc(F)c1F. The fourth-order valence-corrected chi connectivity index (χ4v) is 2.07. The van der Waals surface area contributed by atoms with E-state index in [1.807, 2.05) is 0 Å². The van der Waals surface area contributed by atoms with Gasteiger partial charge in [0.05, 0.1) is 6.04 Å². The van der Waals surface area contributed by atoms with Crippen LogP contribution in [-0.2, 0) is 0 Å². The Kier molecular flexibility index (Phi) is 4.85. The standard InChI is InChI=1S/C16H16F3NO/c1-10-8-11(17)6-7-15(10)21-9-14(20-2)12-4-3-5-13(18)16(12)19/h3-8,14,20H,9H2,1-2H3. The number of aryl methyl sites for hydroxylation is 1. The molecule has 0 saturated carbocycles. The van der Waals surface area contributed by atoms with E-state index in [1.54, 1.807) is 14.0 Å². The lowest BCUT2D eigenvalue weighted by molar-refractivity contribution is 0.267. The molecular formula is C16H16F3NO. The Hall–Kier alpha value is -2.01. The summed E-state index contributed by atoms with van der Waals surface area (Å²) in [5.41, 5.74) is 0.835. The van der Waals surface area contributed by atoms with Crippen LogP contribution in [0.25, 0.3) is 0 Å². The van der Waals surface area contributed by atoms with Crippen LogP contribution in [0.15, 0.2) is 36.4 Å². The molecule has 0 aliphatic heterocycles. The number of benzene rings is 2. The zero-order valence-electron chi connectivity index (χ0n) is 11.8. The molecule has 0 spiro atoms. The lowest BCUT2D eigenvalue weighted by Crippen LogP contribution is -2.24. The van der Waals surface area contributed by atoms with Crippen molar-refractivity contribution >= 4 is 0 Å². The van der Waals surface area contributed by atoms with Crippen molar-refractivity contribution < 1.29 is 17.9 Å². The monoisotopic (exact) mass is 295 g/mol. The Morgan fingerprint density at radius 1 is 1.14 bits per heavy atom. The zero-order chi connectivity index (χ0) is 15.4. The minimum Gasteiger partial charge on any atom is -0.491 e. The Labute approximate surface area is 121 Å². The van der Waals surface area contributed by atoms with E-state index < -0.39 is 17.7 Å². The van der Waals surface area contributed by atoms with Crippen molar-refractivity contribution in [1.29, 1.82) is 0 Å². The van der Waals surface area contributed by atoms with Gasteiger partial charge in [-0.05, 0) is 43.8 Å². The number of rotatable bonds is 5. The first-order chi connectivity index (χ1) is 10.0. The van der Waals surface area contributed by atoms with E-state index in [2.05, 4.69) is 5.32 Å². The third kappa shape index (κ3) is 3.55. The molecule has 2 aromatic carbocycles. The average molecular weight is 295 g/mol. The minimum atomic E-state index is -0.897. The number of nitrogens with one attached hydrogen (secondary N) is 1.